The summed E-state index contributed by atoms with van der Waals surface area (Å²) in [6.45, 7) is 1.02. The van der Waals surface area contributed by atoms with Crippen molar-refractivity contribution < 1.29 is 13.2 Å². The molecule has 2 aromatic heterocycles. The monoisotopic (exact) mass is 425 g/mol. The van der Waals surface area contributed by atoms with Gasteiger partial charge in [0.15, 0.2) is 5.16 Å². The molecule has 0 amide bonds. The number of rotatable bonds is 10. The third kappa shape index (κ3) is 4.37. The van der Waals surface area contributed by atoms with E-state index >= 15 is 0 Å². The van der Waals surface area contributed by atoms with Gasteiger partial charge in [-0.2, -0.15) is 0 Å². The molecule has 28 heavy (non-hydrogen) atoms. The van der Waals surface area contributed by atoms with Crippen LogP contribution in [0.3, 0.4) is 0 Å². The van der Waals surface area contributed by atoms with Crippen LogP contribution in [-0.4, -0.2) is 59.9 Å². The van der Waals surface area contributed by atoms with Gasteiger partial charge in [0.05, 0.1) is 16.7 Å². The first-order valence-corrected chi connectivity index (χ1v) is 11.5. The number of ether oxygens (including phenoxy) is 1. The van der Waals surface area contributed by atoms with E-state index in [4.69, 9.17) is 4.74 Å². The Labute approximate surface area is 167 Å². The van der Waals surface area contributed by atoms with Gasteiger partial charge in [0.1, 0.15) is 0 Å². The maximum atomic E-state index is 12.9. The third-order valence-corrected chi connectivity index (χ3v) is 6.77. The number of hydrogen-bond acceptors (Lipinski definition) is 7. The lowest BCUT2D eigenvalue weighted by atomic mass is 10.2. The SMILES string of the molecule is CNS(=O)(=O)CCCSc1nnc2n(CCCOC)c(=O)c3ccccc3n12. The fraction of sp³-hybridized carbons (Fsp3) is 0.471. The summed E-state index contributed by atoms with van der Waals surface area (Å²) in [6, 6.07) is 7.35. The minimum Gasteiger partial charge on any atom is -0.385 e. The molecule has 11 heteroatoms. The Balaban J connectivity index is 1.95. The molecule has 3 rings (SSSR count). The second-order valence-electron chi connectivity index (χ2n) is 6.16. The van der Waals surface area contributed by atoms with Gasteiger partial charge in [0, 0.05) is 26.0 Å². The van der Waals surface area contributed by atoms with Gasteiger partial charge in [-0.25, -0.2) is 13.1 Å². The number of thioether (sulfide) groups is 1. The van der Waals surface area contributed by atoms with E-state index in [0.717, 1.165) is 5.52 Å². The first-order valence-electron chi connectivity index (χ1n) is 8.88. The van der Waals surface area contributed by atoms with E-state index in [-0.39, 0.29) is 11.3 Å². The molecule has 0 atom stereocenters. The fourth-order valence-corrected chi connectivity index (χ4v) is 4.70. The molecule has 0 bridgehead atoms. The van der Waals surface area contributed by atoms with E-state index in [9.17, 15) is 13.2 Å². The number of fused-ring (bicyclic) bond motifs is 3. The van der Waals surface area contributed by atoms with Crippen LogP contribution in [0.15, 0.2) is 34.2 Å². The quantitative estimate of drug-likeness (QED) is 0.383. The lowest BCUT2D eigenvalue weighted by Gasteiger charge is -2.11. The van der Waals surface area contributed by atoms with Crippen molar-refractivity contribution in [1.82, 2.24) is 23.9 Å². The van der Waals surface area contributed by atoms with Crippen molar-refractivity contribution in [3.8, 4) is 0 Å². The number of sulfonamides is 1. The highest BCUT2D eigenvalue weighted by molar-refractivity contribution is 7.99. The lowest BCUT2D eigenvalue weighted by molar-refractivity contribution is 0.190. The normalized spacial score (nSPS) is 12.2. The minimum atomic E-state index is -3.23. The Bertz CT molecular complexity index is 1120. The topological polar surface area (TPSA) is 108 Å². The van der Waals surface area contributed by atoms with Crippen LogP contribution in [0.1, 0.15) is 12.8 Å². The summed E-state index contributed by atoms with van der Waals surface area (Å²) in [4.78, 5) is 12.9. The third-order valence-electron chi connectivity index (χ3n) is 4.31. The van der Waals surface area contributed by atoms with Crippen molar-refractivity contribution in [2.24, 2.45) is 0 Å². The van der Waals surface area contributed by atoms with Crippen molar-refractivity contribution >= 4 is 38.5 Å². The number of methoxy groups -OCH3 is 1. The predicted octanol–water partition coefficient (Wildman–Crippen LogP) is 1.11. The summed E-state index contributed by atoms with van der Waals surface area (Å²) in [5.74, 6) is 1.10. The fourth-order valence-electron chi connectivity index (χ4n) is 2.91. The lowest BCUT2D eigenvalue weighted by Crippen LogP contribution is -2.24. The molecule has 2 heterocycles. The van der Waals surface area contributed by atoms with Crippen LogP contribution in [0.2, 0.25) is 0 Å². The molecule has 0 unspecified atom stereocenters. The molecular weight excluding hydrogens is 402 g/mol. The Morgan fingerprint density at radius 2 is 2.00 bits per heavy atom. The van der Waals surface area contributed by atoms with Crippen molar-refractivity contribution in [3.05, 3.63) is 34.6 Å². The zero-order valence-electron chi connectivity index (χ0n) is 15.8. The summed E-state index contributed by atoms with van der Waals surface area (Å²) in [6.07, 6.45) is 1.16. The van der Waals surface area contributed by atoms with E-state index in [1.807, 2.05) is 22.6 Å². The summed E-state index contributed by atoms with van der Waals surface area (Å²) in [5.41, 5.74) is 0.629. The Morgan fingerprint density at radius 1 is 1.21 bits per heavy atom. The van der Waals surface area contributed by atoms with Gasteiger partial charge >= 0.3 is 0 Å². The molecule has 0 radical (unpaired) electrons. The highest BCUT2D eigenvalue weighted by Gasteiger charge is 2.16. The summed E-state index contributed by atoms with van der Waals surface area (Å²) in [5, 5.41) is 9.71. The van der Waals surface area contributed by atoms with E-state index in [1.165, 1.54) is 18.8 Å². The van der Waals surface area contributed by atoms with Crippen molar-refractivity contribution in [2.45, 2.75) is 24.5 Å². The molecule has 1 aromatic carbocycles. The summed E-state index contributed by atoms with van der Waals surface area (Å²) < 4.78 is 34.0. The summed E-state index contributed by atoms with van der Waals surface area (Å²) >= 11 is 1.42. The van der Waals surface area contributed by atoms with Crippen LogP contribution < -0.4 is 10.3 Å². The van der Waals surface area contributed by atoms with Gasteiger partial charge in [-0.1, -0.05) is 23.9 Å². The first-order chi connectivity index (χ1) is 13.5. The van der Waals surface area contributed by atoms with Crippen LogP contribution in [0.25, 0.3) is 16.7 Å². The number of nitrogens with zero attached hydrogens (tertiary/aromatic N) is 4. The standard InChI is InChI=1S/C17H23N5O4S2/c1-18-28(24,25)12-6-11-27-17-20-19-16-21(9-5-10-26-2)15(23)13-7-3-4-8-14(13)22(16)17/h3-4,7-8,18H,5-6,9-12H2,1-2H3. The number of benzene rings is 1. The van der Waals surface area contributed by atoms with Crippen LogP contribution in [0, 0.1) is 0 Å². The number of hydrogen-bond donors (Lipinski definition) is 1. The highest BCUT2D eigenvalue weighted by atomic mass is 32.2. The number of aromatic nitrogens is 4. The van der Waals surface area contributed by atoms with Crippen molar-refractivity contribution in [3.63, 3.8) is 0 Å². The first kappa shape index (κ1) is 20.8. The number of para-hydroxylation sites is 1. The number of nitrogens with one attached hydrogen (secondary N) is 1. The van der Waals surface area contributed by atoms with E-state index in [2.05, 4.69) is 14.9 Å². The molecule has 0 spiro atoms. The van der Waals surface area contributed by atoms with Gasteiger partial charge < -0.3 is 4.74 Å². The molecule has 0 aliphatic carbocycles. The molecule has 1 N–H and O–H groups in total. The van der Waals surface area contributed by atoms with Gasteiger partial charge in [-0.05, 0) is 32.0 Å². The van der Waals surface area contributed by atoms with Crippen LogP contribution >= 0.6 is 11.8 Å². The molecular formula is C17H23N5O4S2. The predicted molar refractivity (Wildman–Crippen MR) is 109 cm³/mol. The molecule has 9 nitrogen and oxygen atoms in total. The van der Waals surface area contributed by atoms with E-state index in [1.54, 1.807) is 17.7 Å². The largest absolute Gasteiger partial charge is 0.385 e. The molecule has 152 valence electrons. The molecule has 3 aromatic rings. The Kier molecular flexibility index (Phi) is 6.70. The smallest absolute Gasteiger partial charge is 0.262 e. The molecule has 0 saturated heterocycles. The van der Waals surface area contributed by atoms with Crippen LogP contribution in [0.5, 0.6) is 0 Å². The average Bonchev–Trinajstić information content (AvgIpc) is 3.12. The highest BCUT2D eigenvalue weighted by Crippen LogP contribution is 2.22. The molecule has 0 aliphatic rings. The van der Waals surface area contributed by atoms with E-state index < -0.39 is 10.0 Å². The molecule has 0 fully saturated rings. The molecule has 0 saturated carbocycles. The second kappa shape index (κ2) is 9.03. The maximum Gasteiger partial charge on any atom is 0.262 e. The maximum absolute atomic E-state index is 12.9. The average molecular weight is 426 g/mol. The van der Waals surface area contributed by atoms with Gasteiger partial charge in [-0.3, -0.25) is 13.8 Å². The minimum absolute atomic E-state index is 0.0513. The van der Waals surface area contributed by atoms with Crippen LogP contribution in [0.4, 0.5) is 0 Å². The molecule has 0 aliphatic heterocycles. The van der Waals surface area contributed by atoms with Gasteiger partial charge in [0.2, 0.25) is 15.8 Å². The van der Waals surface area contributed by atoms with Crippen LogP contribution in [-0.2, 0) is 21.3 Å². The van der Waals surface area contributed by atoms with Gasteiger partial charge in [0.25, 0.3) is 5.56 Å². The van der Waals surface area contributed by atoms with E-state index in [0.29, 0.717) is 48.1 Å². The summed E-state index contributed by atoms with van der Waals surface area (Å²) in [7, 11) is -0.196. The second-order valence-corrected chi connectivity index (χ2v) is 9.27. The number of aryl methyl sites for hydroxylation is 1. The Morgan fingerprint density at radius 3 is 2.75 bits per heavy atom. The Hall–Kier alpha value is -1.95. The van der Waals surface area contributed by atoms with Crippen molar-refractivity contribution in [1.29, 1.82) is 0 Å². The zero-order valence-corrected chi connectivity index (χ0v) is 17.4. The van der Waals surface area contributed by atoms with Crippen molar-refractivity contribution in [2.75, 3.05) is 32.3 Å². The zero-order chi connectivity index (χ0) is 20.1. The van der Waals surface area contributed by atoms with Gasteiger partial charge in [-0.15, -0.1) is 10.2 Å².